The van der Waals surface area contributed by atoms with Crippen LogP contribution in [0.4, 0.5) is 0 Å². The molecule has 7 nitrogen and oxygen atoms in total. The summed E-state index contributed by atoms with van der Waals surface area (Å²) in [6.45, 7) is 4.31. The van der Waals surface area contributed by atoms with E-state index in [2.05, 4.69) is 35.8 Å². The van der Waals surface area contributed by atoms with Gasteiger partial charge in [-0.05, 0) is 56.0 Å². The lowest BCUT2D eigenvalue weighted by atomic mass is 9.82. The van der Waals surface area contributed by atoms with Crippen LogP contribution in [-0.2, 0) is 4.79 Å². The molecule has 2 aromatic rings. The monoisotopic (exact) mass is 461 g/mol. The molecule has 0 aliphatic heterocycles. The van der Waals surface area contributed by atoms with Crippen molar-refractivity contribution in [2.24, 2.45) is 16.9 Å². The van der Waals surface area contributed by atoms with Gasteiger partial charge < -0.3 is 14.8 Å². The summed E-state index contributed by atoms with van der Waals surface area (Å²) in [5.41, 5.74) is 5.02. The quantitative estimate of drug-likeness (QED) is 0.261. The molecule has 0 bridgehead atoms. The van der Waals surface area contributed by atoms with Crippen molar-refractivity contribution in [1.29, 1.82) is 0 Å². The number of hydrogen-bond donors (Lipinski definition) is 2. The van der Waals surface area contributed by atoms with E-state index in [0.29, 0.717) is 28.5 Å². The third-order valence-electron chi connectivity index (χ3n) is 5.81. The molecule has 7 heteroatoms. The Labute approximate surface area is 200 Å². The van der Waals surface area contributed by atoms with Gasteiger partial charge in [-0.2, -0.15) is 5.10 Å². The van der Waals surface area contributed by atoms with Crippen molar-refractivity contribution in [2.45, 2.75) is 26.7 Å². The number of ether oxygens (including phenoxy) is 2. The fraction of sp³-hybridized carbons (Fsp3) is 0.296. The summed E-state index contributed by atoms with van der Waals surface area (Å²) in [6.07, 6.45) is 7.44. The van der Waals surface area contributed by atoms with E-state index < -0.39 is 11.8 Å². The Bertz CT molecular complexity index is 1110. The summed E-state index contributed by atoms with van der Waals surface area (Å²) in [6, 6.07) is 13.9. The van der Waals surface area contributed by atoms with Crippen LogP contribution < -0.4 is 20.2 Å². The van der Waals surface area contributed by atoms with Crippen LogP contribution in [0.25, 0.3) is 6.08 Å². The van der Waals surface area contributed by atoms with Crippen LogP contribution in [0, 0.1) is 11.8 Å². The fourth-order valence-electron chi connectivity index (χ4n) is 3.81. The Kier molecular flexibility index (Phi) is 8.62. The lowest BCUT2D eigenvalue weighted by molar-refractivity contribution is -0.117. The van der Waals surface area contributed by atoms with E-state index in [4.69, 9.17) is 9.47 Å². The van der Waals surface area contributed by atoms with E-state index in [1.54, 1.807) is 61.9 Å². The molecule has 2 atom stereocenters. The Morgan fingerprint density at radius 1 is 1.09 bits per heavy atom. The van der Waals surface area contributed by atoms with Crippen molar-refractivity contribution >= 4 is 24.1 Å². The summed E-state index contributed by atoms with van der Waals surface area (Å²) in [5, 5.41) is 6.89. The second-order valence-corrected chi connectivity index (χ2v) is 8.34. The van der Waals surface area contributed by atoms with Crippen LogP contribution in [0.1, 0.15) is 42.6 Å². The maximum absolute atomic E-state index is 13.0. The van der Waals surface area contributed by atoms with Crippen LogP contribution in [0.5, 0.6) is 11.5 Å². The highest BCUT2D eigenvalue weighted by Gasteiger charge is 2.20. The zero-order valence-electron chi connectivity index (χ0n) is 20.0. The molecule has 2 N–H and O–H groups in total. The van der Waals surface area contributed by atoms with Crippen LogP contribution in [-0.4, -0.2) is 32.2 Å². The second kappa shape index (κ2) is 11.8. The normalized spacial score (nSPS) is 18.2. The minimum absolute atomic E-state index is 0.0434. The number of benzene rings is 2. The van der Waals surface area contributed by atoms with E-state index in [9.17, 15) is 9.59 Å². The minimum Gasteiger partial charge on any atom is -0.497 e. The van der Waals surface area contributed by atoms with Gasteiger partial charge in [0.1, 0.15) is 17.2 Å². The second-order valence-electron chi connectivity index (χ2n) is 8.34. The molecule has 0 saturated carbocycles. The molecule has 3 rings (SSSR count). The molecule has 0 aromatic heterocycles. The average molecular weight is 462 g/mol. The van der Waals surface area contributed by atoms with E-state index in [0.717, 1.165) is 12.8 Å². The van der Waals surface area contributed by atoms with Gasteiger partial charge in [-0.3, -0.25) is 9.59 Å². The average Bonchev–Trinajstić information content (AvgIpc) is 2.85. The summed E-state index contributed by atoms with van der Waals surface area (Å²) in [7, 11) is 3.09. The third kappa shape index (κ3) is 6.57. The van der Waals surface area contributed by atoms with E-state index in [-0.39, 0.29) is 11.6 Å². The zero-order valence-corrected chi connectivity index (χ0v) is 20.0. The van der Waals surface area contributed by atoms with E-state index in [1.807, 2.05) is 6.07 Å². The topological polar surface area (TPSA) is 89.0 Å². The molecule has 0 radical (unpaired) electrons. The molecular weight excluding hydrogens is 430 g/mol. The maximum atomic E-state index is 13.0. The lowest BCUT2D eigenvalue weighted by Gasteiger charge is -2.24. The highest BCUT2D eigenvalue weighted by Crippen LogP contribution is 2.28. The molecule has 0 spiro atoms. The highest BCUT2D eigenvalue weighted by molar-refractivity contribution is 6.05. The first kappa shape index (κ1) is 24.8. The largest absolute Gasteiger partial charge is 0.497 e. The molecule has 2 aromatic carbocycles. The van der Waals surface area contributed by atoms with E-state index in [1.165, 1.54) is 12.7 Å². The first-order valence-electron chi connectivity index (χ1n) is 11.2. The standard InChI is InChI=1S/C27H31N3O4/c1-18-10-11-22(19(2)14-18)17-28-30-27(32)24(29-26(31)20-8-6-5-7-9-20)15-21-12-13-23(33-3)16-25(21)34-4/h5-10,12-13,15-17,19,22H,11,14H2,1-4H3,(H,29,31)(H,30,32)/b24-15-,28-17-/t19-,22-/m1/s1. The van der Waals surface area contributed by atoms with Gasteiger partial charge in [0, 0.05) is 29.3 Å². The van der Waals surface area contributed by atoms with Crippen molar-refractivity contribution in [3.8, 4) is 11.5 Å². The van der Waals surface area contributed by atoms with Gasteiger partial charge in [-0.15, -0.1) is 0 Å². The van der Waals surface area contributed by atoms with Gasteiger partial charge in [-0.1, -0.05) is 36.8 Å². The van der Waals surface area contributed by atoms with Crippen molar-refractivity contribution in [2.75, 3.05) is 14.2 Å². The number of rotatable bonds is 8. The maximum Gasteiger partial charge on any atom is 0.287 e. The van der Waals surface area contributed by atoms with Gasteiger partial charge in [-0.25, -0.2) is 5.43 Å². The van der Waals surface area contributed by atoms with Gasteiger partial charge in [0.2, 0.25) is 0 Å². The SMILES string of the molecule is COc1ccc(/C=C(\NC(=O)c2ccccc2)C(=O)N/N=C\[C@H]2CC=C(C)C[C@H]2C)c(OC)c1. The molecular formula is C27H31N3O4. The van der Waals surface area contributed by atoms with Crippen molar-refractivity contribution in [3.63, 3.8) is 0 Å². The Balaban J connectivity index is 1.84. The molecule has 0 unspecified atom stereocenters. The molecule has 2 amide bonds. The smallest absolute Gasteiger partial charge is 0.287 e. The number of methoxy groups -OCH3 is 2. The molecule has 0 heterocycles. The first-order chi connectivity index (χ1) is 16.4. The zero-order chi connectivity index (χ0) is 24.5. The summed E-state index contributed by atoms with van der Waals surface area (Å²) in [4.78, 5) is 25.8. The number of nitrogens with zero attached hydrogens (tertiary/aromatic N) is 1. The summed E-state index contributed by atoms with van der Waals surface area (Å²) < 4.78 is 10.7. The van der Waals surface area contributed by atoms with Crippen molar-refractivity contribution in [3.05, 3.63) is 77.0 Å². The van der Waals surface area contributed by atoms with Crippen molar-refractivity contribution in [1.82, 2.24) is 10.7 Å². The Morgan fingerprint density at radius 3 is 2.53 bits per heavy atom. The number of nitrogens with one attached hydrogen (secondary N) is 2. The summed E-state index contributed by atoms with van der Waals surface area (Å²) in [5.74, 6) is 0.872. The highest BCUT2D eigenvalue weighted by atomic mass is 16.5. The molecule has 1 aliphatic carbocycles. The molecule has 0 saturated heterocycles. The predicted molar refractivity (Wildman–Crippen MR) is 134 cm³/mol. The van der Waals surface area contributed by atoms with Crippen LogP contribution in [0.3, 0.4) is 0 Å². The number of hydrazone groups is 1. The number of carbonyl (C=O) groups excluding carboxylic acids is 2. The van der Waals surface area contributed by atoms with Crippen molar-refractivity contribution < 1.29 is 19.1 Å². The van der Waals surface area contributed by atoms with Gasteiger partial charge in [0.15, 0.2) is 0 Å². The molecule has 178 valence electrons. The lowest BCUT2D eigenvalue weighted by Crippen LogP contribution is -2.33. The molecule has 0 fully saturated rings. The van der Waals surface area contributed by atoms with Crippen LogP contribution in [0.15, 0.2) is 71.0 Å². The number of hydrogen-bond acceptors (Lipinski definition) is 5. The number of carbonyl (C=O) groups is 2. The molecule has 34 heavy (non-hydrogen) atoms. The van der Waals surface area contributed by atoms with Gasteiger partial charge >= 0.3 is 0 Å². The minimum atomic E-state index is -0.534. The molecule has 1 aliphatic rings. The predicted octanol–water partition coefficient (Wildman–Crippen LogP) is 4.57. The number of amides is 2. The van der Waals surface area contributed by atoms with Crippen LogP contribution in [0.2, 0.25) is 0 Å². The fourth-order valence-corrected chi connectivity index (χ4v) is 3.81. The number of allylic oxidation sites excluding steroid dienone is 2. The van der Waals surface area contributed by atoms with Crippen LogP contribution >= 0.6 is 0 Å². The van der Waals surface area contributed by atoms with E-state index >= 15 is 0 Å². The van der Waals surface area contributed by atoms with Gasteiger partial charge in [0.25, 0.3) is 11.8 Å². The third-order valence-corrected chi connectivity index (χ3v) is 5.81. The Hall–Kier alpha value is -3.87. The Morgan fingerprint density at radius 2 is 1.85 bits per heavy atom. The first-order valence-corrected chi connectivity index (χ1v) is 11.2. The van der Waals surface area contributed by atoms with Gasteiger partial charge in [0.05, 0.1) is 14.2 Å². The summed E-state index contributed by atoms with van der Waals surface area (Å²) >= 11 is 0.